The quantitative estimate of drug-likeness (QED) is 0.502. The zero-order chi connectivity index (χ0) is 27.8. The van der Waals surface area contributed by atoms with Crippen molar-refractivity contribution in [3.05, 3.63) is 71.3 Å². The summed E-state index contributed by atoms with van der Waals surface area (Å²) in [5.74, 6) is 10.7. The van der Waals surface area contributed by atoms with E-state index >= 15 is 0 Å². The molecule has 8 heteroatoms. The molecule has 0 saturated carbocycles. The molecule has 4 rings (SSSR count). The lowest BCUT2D eigenvalue weighted by molar-refractivity contribution is -0.140. The van der Waals surface area contributed by atoms with Crippen molar-refractivity contribution in [3.8, 4) is 23.7 Å². The second-order valence-electron chi connectivity index (χ2n) is 10.2. The number of hydrogen-bond donors (Lipinski definition) is 3. The van der Waals surface area contributed by atoms with Crippen LogP contribution >= 0.6 is 0 Å². The van der Waals surface area contributed by atoms with Gasteiger partial charge in [0.05, 0.1) is 6.04 Å². The summed E-state index contributed by atoms with van der Waals surface area (Å²) in [5.41, 5.74) is 2.61. The molecule has 4 atom stereocenters. The minimum absolute atomic E-state index is 0.128. The van der Waals surface area contributed by atoms with Gasteiger partial charge in [-0.2, -0.15) is 0 Å². The molecule has 2 aromatic rings. The number of nitrogens with zero attached hydrogens (tertiary/aromatic N) is 1. The van der Waals surface area contributed by atoms with Gasteiger partial charge in [0.2, 0.25) is 17.7 Å². The van der Waals surface area contributed by atoms with Crippen molar-refractivity contribution in [1.29, 1.82) is 0 Å². The van der Waals surface area contributed by atoms with Crippen LogP contribution in [-0.2, 0) is 20.9 Å². The van der Waals surface area contributed by atoms with E-state index in [1.54, 1.807) is 18.7 Å². The number of amides is 3. The minimum Gasteiger partial charge on any atom is -0.350 e. The highest BCUT2D eigenvalue weighted by molar-refractivity contribution is 5.89. The van der Waals surface area contributed by atoms with Crippen LogP contribution < -0.4 is 16.0 Å². The summed E-state index contributed by atoms with van der Waals surface area (Å²) < 4.78 is 13.5. The summed E-state index contributed by atoms with van der Waals surface area (Å²) in [7, 11) is 0. The van der Waals surface area contributed by atoms with Crippen LogP contribution in [0, 0.1) is 29.6 Å². The number of benzene rings is 2. The van der Waals surface area contributed by atoms with E-state index in [1.165, 1.54) is 0 Å². The lowest BCUT2D eigenvalue weighted by Crippen LogP contribution is -2.47. The summed E-state index contributed by atoms with van der Waals surface area (Å²) in [6.45, 7) is 4.26. The molecule has 39 heavy (non-hydrogen) atoms. The Labute approximate surface area is 228 Å². The van der Waals surface area contributed by atoms with Crippen LogP contribution in [-0.4, -0.2) is 60.0 Å². The maximum atomic E-state index is 13.5. The van der Waals surface area contributed by atoms with E-state index in [4.69, 9.17) is 0 Å². The van der Waals surface area contributed by atoms with Gasteiger partial charge in [-0.25, -0.2) is 4.39 Å². The Morgan fingerprint density at radius 1 is 0.974 bits per heavy atom. The largest absolute Gasteiger partial charge is 0.350 e. The fraction of sp³-hybridized carbons (Fsp3) is 0.387. The smallest absolute Gasteiger partial charge is 0.243 e. The molecule has 0 spiro atoms. The number of likely N-dealkylation sites (tertiary alicyclic amines) is 1. The Bertz CT molecular complexity index is 1300. The van der Waals surface area contributed by atoms with Crippen molar-refractivity contribution >= 4 is 17.7 Å². The highest BCUT2D eigenvalue weighted by Crippen LogP contribution is 2.22. The van der Waals surface area contributed by atoms with Crippen molar-refractivity contribution < 1.29 is 18.8 Å². The van der Waals surface area contributed by atoms with E-state index in [2.05, 4.69) is 39.6 Å². The third-order valence-electron chi connectivity index (χ3n) is 6.79. The van der Waals surface area contributed by atoms with Crippen LogP contribution in [0.15, 0.2) is 54.6 Å². The molecule has 3 amide bonds. The standard InChI is InChI=1S/C31H33FN4O3/c1-21(2)31(39)36-20-26(35-29(37)27-16-25(32)19-33-27)17-28(36)30(38)34-18-24-14-12-23(13-15-24)11-7-6-10-22-8-4-3-5-9-22/h3-5,8-9,12-15,21,25-28,33H,16-20H2,1-2H3,(H,34,38)(H,35,37)/t25-,26+,27-,28+/m0/s1. The van der Waals surface area contributed by atoms with Gasteiger partial charge in [0.1, 0.15) is 12.2 Å². The van der Waals surface area contributed by atoms with Crippen molar-refractivity contribution in [3.63, 3.8) is 0 Å². The zero-order valence-electron chi connectivity index (χ0n) is 22.2. The van der Waals surface area contributed by atoms with Gasteiger partial charge in [0.15, 0.2) is 0 Å². The van der Waals surface area contributed by atoms with Gasteiger partial charge in [0.25, 0.3) is 0 Å². The number of carbonyl (C=O) groups is 3. The molecule has 0 aliphatic carbocycles. The number of alkyl halides is 1. The molecule has 7 nitrogen and oxygen atoms in total. The van der Waals surface area contributed by atoms with E-state index in [0.717, 1.165) is 16.7 Å². The molecule has 0 radical (unpaired) electrons. The van der Waals surface area contributed by atoms with Gasteiger partial charge in [0, 0.05) is 49.1 Å². The van der Waals surface area contributed by atoms with Crippen molar-refractivity contribution in [2.75, 3.05) is 13.1 Å². The third kappa shape index (κ3) is 7.69. The number of nitrogens with one attached hydrogen (secondary N) is 3. The molecular formula is C31H33FN4O3. The lowest BCUT2D eigenvalue weighted by atomic mass is 10.1. The second-order valence-corrected chi connectivity index (χ2v) is 10.2. The maximum absolute atomic E-state index is 13.5. The number of hydrogen-bond acceptors (Lipinski definition) is 4. The fourth-order valence-electron chi connectivity index (χ4n) is 4.70. The Hall–Kier alpha value is -4.14. The van der Waals surface area contributed by atoms with E-state index in [1.807, 2.05) is 54.6 Å². The van der Waals surface area contributed by atoms with E-state index in [9.17, 15) is 18.8 Å². The highest BCUT2D eigenvalue weighted by Gasteiger charge is 2.41. The lowest BCUT2D eigenvalue weighted by Gasteiger charge is -2.25. The molecule has 0 unspecified atom stereocenters. The summed E-state index contributed by atoms with van der Waals surface area (Å²) in [6.07, 6.45) is -0.612. The van der Waals surface area contributed by atoms with Gasteiger partial charge in [-0.3, -0.25) is 14.4 Å². The fourth-order valence-corrected chi connectivity index (χ4v) is 4.70. The summed E-state index contributed by atoms with van der Waals surface area (Å²) in [5, 5.41) is 8.69. The minimum atomic E-state index is -1.05. The Morgan fingerprint density at radius 3 is 2.26 bits per heavy atom. The Morgan fingerprint density at radius 2 is 1.64 bits per heavy atom. The molecule has 2 aliphatic rings. The van der Waals surface area contributed by atoms with E-state index in [-0.39, 0.29) is 49.2 Å². The Kier molecular flexibility index (Phi) is 9.35. The molecule has 2 saturated heterocycles. The molecule has 0 aromatic heterocycles. The monoisotopic (exact) mass is 528 g/mol. The van der Waals surface area contributed by atoms with Crippen LogP contribution in [0.4, 0.5) is 4.39 Å². The van der Waals surface area contributed by atoms with Gasteiger partial charge in [-0.1, -0.05) is 56.0 Å². The van der Waals surface area contributed by atoms with Crippen LogP contribution in [0.5, 0.6) is 0 Å². The van der Waals surface area contributed by atoms with Crippen LogP contribution in [0.3, 0.4) is 0 Å². The van der Waals surface area contributed by atoms with E-state index in [0.29, 0.717) is 13.0 Å². The summed E-state index contributed by atoms with van der Waals surface area (Å²) in [6, 6.07) is 15.5. The molecule has 3 N–H and O–H groups in total. The molecule has 2 heterocycles. The molecule has 202 valence electrons. The Balaban J connectivity index is 1.32. The SMILES string of the molecule is CC(C)C(=O)N1C[C@H](NC(=O)[C@@H]2C[C@H](F)CN2)C[C@@H]1C(=O)NCc1ccc(C#CC#Cc2ccccc2)cc1. The van der Waals surface area contributed by atoms with Crippen molar-refractivity contribution in [2.24, 2.45) is 5.92 Å². The van der Waals surface area contributed by atoms with Crippen LogP contribution in [0.2, 0.25) is 0 Å². The normalized spacial score (nSPS) is 21.9. The average molecular weight is 529 g/mol. The number of rotatable bonds is 6. The first kappa shape index (κ1) is 27.9. The maximum Gasteiger partial charge on any atom is 0.243 e. The van der Waals surface area contributed by atoms with Crippen molar-refractivity contribution in [1.82, 2.24) is 20.9 Å². The first-order valence-electron chi connectivity index (χ1n) is 13.2. The predicted molar refractivity (Wildman–Crippen MR) is 147 cm³/mol. The van der Waals surface area contributed by atoms with Gasteiger partial charge >= 0.3 is 0 Å². The first-order valence-corrected chi connectivity index (χ1v) is 13.2. The molecule has 0 bridgehead atoms. The molecule has 2 fully saturated rings. The van der Waals surface area contributed by atoms with Crippen LogP contribution in [0.25, 0.3) is 0 Å². The molecular weight excluding hydrogens is 495 g/mol. The van der Waals surface area contributed by atoms with Crippen LogP contribution in [0.1, 0.15) is 43.4 Å². The van der Waals surface area contributed by atoms with Gasteiger partial charge < -0.3 is 20.9 Å². The highest BCUT2D eigenvalue weighted by atomic mass is 19.1. The summed E-state index contributed by atoms with van der Waals surface area (Å²) >= 11 is 0. The zero-order valence-corrected chi connectivity index (χ0v) is 22.2. The molecule has 2 aromatic carbocycles. The van der Waals surface area contributed by atoms with E-state index < -0.39 is 18.3 Å². The first-order chi connectivity index (χ1) is 18.8. The average Bonchev–Trinajstić information content (AvgIpc) is 3.57. The van der Waals surface area contributed by atoms with Gasteiger partial charge in [-0.05, 0) is 48.1 Å². The summed E-state index contributed by atoms with van der Waals surface area (Å²) in [4.78, 5) is 40.1. The second kappa shape index (κ2) is 13.1. The number of carbonyl (C=O) groups excluding carboxylic acids is 3. The van der Waals surface area contributed by atoms with Gasteiger partial charge in [-0.15, -0.1) is 0 Å². The predicted octanol–water partition coefficient (Wildman–Crippen LogP) is 2.15. The third-order valence-corrected chi connectivity index (χ3v) is 6.79. The van der Waals surface area contributed by atoms with Crippen molar-refractivity contribution in [2.45, 2.75) is 57.5 Å². The topological polar surface area (TPSA) is 90.5 Å². The number of halogens is 1. The molecule has 2 aliphatic heterocycles.